The predicted molar refractivity (Wildman–Crippen MR) is 99.4 cm³/mol. The molecule has 0 aromatic heterocycles. The lowest BCUT2D eigenvalue weighted by Gasteiger charge is -2.07. The van der Waals surface area contributed by atoms with E-state index < -0.39 is 10.9 Å². The first-order chi connectivity index (χ1) is 12.0. The monoisotopic (exact) mass is 397 g/mol. The minimum Gasteiger partial charge on any atom is -0.423 e. The molecule has 5 nitrogen and oxygen atoms in total. The Hall–Kier alpha value is -2.99. The molecule has 0 aliphatic rings. The molecule has 124 valence electrons. The Bertz CT molecular complexity index is 980. The van der Waals surface area contributed by atoms with Gasteiger partial charge in [0.15, 0.2) is 0 Å². The van der Waals surface area contributed by atoms with Gasteiger partial charge in [0.25, 0.3) is 5.69 Å². The zero-order valence-corrected chi connectivity index (χ0v) is 14.5. The van der Waals surface area contributed by atoms with Crippen molar-refractivity contribution in [2.45, 2.75) is 0 Å². The number of esters is 1. The molecular weight excluding hydrogens is 386 g/mol. The van der Waals surface area contributed by atoms with Crippen LogP contribution in [0.4, 0.5) is 5.69 Å². The number of halogens is 1. The highest BCUT2D eigenvalue weighted by atomic mass is 79.9. The maximum absolute atomic E-state index is 12.1. The molecular formula is C19H12BrNO4. The molecule has 0 N–H and O–H groups in total. The summed E-state index contributed by atoms with van der Waals surface area (Å²) in [6.07, 6.45) is 2.84. The molecule has 0 saturated carbocycles. The lowest BCUT2D eigenvalue weighted by atomic mass is 10.1. The third kappa shape index (κ3) is 3.92. The summed E-state index contributed by atoms with van der Waals surface area (Å²) in [6.45, 7) is 0. The Morgan fingerprint density at radius 1 is 1.00 bits per heavy atom. The lowest BCUT2D eigenvalue weighted by Crippen LogP contribution is -2.04. The van der Waals surface area contributed by atoms with Gasteiger partial charge in [0.1, 0.15) is 5.75 Å². The van der Waals surface area contributed by atoms with E-state index in [1.54, 1.807) is 24.3 Å². The topological polar surface area (TPSA) is 69.4 Å². The first kappa shape index (κ1) is 16.9. The average molecular weight is 398 g/mol. The van der Waals surface area contributed by atoms with Gasteiger partial charge in [-0.25, -0.2) is 4.79 Å². The Kier molecular flexibility index (Phi) is 4.90. The smallest absolute Gasteiger partial charge is 0.336 e. The summed E-state index contributed by atoms with van der Waals surface area (Å²) in [4.78, 5) is 22.2. The van der Waals surface area contributed by atoms with Crippen molar-refractivity contribution in [1.29, 1.82) is 0 Å². The third-order valence-corrected chi connectivity index (χ3v) is 4.25. The number of nitrogens with zero attached hydrogens (tertiary/aromatic N) is 1. The van der Waals surface area contributed by atoms with Crippen molar-refractivity contribution in [2.75, 3.05) is 0 Å². The molecule has 0 bridgehead atoms. The highest BCUT2D eigenvalue weighted by molar-refractivity contribution is 9.10. The number of hydrogen-bond donors (Lipinski definition) is 0. The second-order valence-corrected chi connectivity index (χ2v) is 6.05. The maximum atomic E-state index is 12.1. The largest absolute Gasteiger partial charge is 0.423 e. The molecule has 0 saturated heterocycles. The second kappa shape index (κ2) is 7.27. The summed E-state index contributed by atoms with van der Waals surface area (Å²) in [5.41, 5.74) is 0.671. The zero-order chi connectivity index (χ0) is 17.8. The molecule has 0 amide bonds. The molecule has 3 rings (SSSR count). The lowest BCUT2D eigenvalue weighted by molar-refractivity contribution is -0.384. The zero-order valence-electron chi connectivity index (χ0n) is 12.9. The Morgan fingerprint density at radius 2 is 1.68 bits per heavy atom. The molecule has 0 unspecified atom stereocenters. The minimum atomic E-state index is -0.522. The number of fused-ring (bicyclic) bond motifs is 1. The number of rotatable bonds is 4. The van der Waals surface area contributed by atoms with Crippen molar-refractivity contribution >= 4 is 44.4 Å². The van der Waals surface area contributed by atoms with Crippen molar-refractivity contribution in [1.82, 2.24) is 0 Å². The molecule has 25 heavy (non-hydrogen) atoms. The van der Waals surface area contributed by atoms with Gasteiger partial charge in [-0.2, -0.15) is 0 Å². The number of benzene rings is 3. The number of carbonyl (C=O) groups is 1. The molecule has 0 spiro atoms. The number of carbonyl (C=O) groups excluding carboxylic acids is 1. The van der Waals surface area contributed by atoms with Crippen molar-refractivity contribution in [3.8, 4) is 5.75 Å². The van der Waals surface area contributed by atoms with Crippen LogP contribution in [-0.2, 0) is 4.79 Å². The van der Waals surface area contributed by atoms with Crippen LogP contribution in [0.3, 0.4) is 0 Å². The van der Waals surface area contributed by atoms with Gasteiger partial charge in [-0.1, -0.05) is 40.2 Å². The van der Waals surface area contributed by atoms with Gasteiger partial charge in [0, 0.05) is 28.1 Å². The van der Waals surface area contributed by atoms with Gasteiger partial charge in [0.05, 0.1) is 4.92 Å². The fraction of sp³-hybridized carbons (Fsp3) is 0. The third-order valence-electron chi connectivity index (χ3n) is 3.56. The number of nitro groups is 1. The van der Waals surface area contributed by atoms with Crippen LogP contribution in [0.5, 0.6) is 5.75 Å². The summed E-state index contributed by atoms with van der Waals surface area (Å²) >= 11 is 3.47. The van der Waals surface area contributed by atoms with E-state index in [1.165, 1.54) is 18.2 Å². The van der Waals surface area contributed by atoms with Gasteiger partial charge in [-0.15, -0.1) is 0 Å². The summed E-state index contributed by atoms with van der Waals surface area (Å²) < 4.78 is 6.33. The highest BCUT2D eigenvalue weighted by Crippen LogP contribution is 2.31. The van der Waals surface area contributed by atoms with Gasteiger partial charge < -0.3 is 4.74 Å². The highest BCUT2D eigenvalue weighted by Gasteiger charge is 2.08. The quantitative estimate of drug-likeness (QED) is 0.201. The first-order valence-electron chi connectivity index (χ1n) is 7.36. The molecule has 0 atom stereocenters. The van der Waals surface area contributed by atoms with Crippen molar-refractivity contribution in [2.24, 2.45) is 0 Å². The standard InChI is InChI=1S/C19H12BrNO4/c20-17-10-11-18(16-4-2-1-3-15(16)17)25-19(22)12-7-13-5-8-14(9-6-13)21(23)24/h1-12H/b12-7+. The van der Waals surface area contributed by atoms with Gasteiger partial charge >= 0.3 is 5.97 Å². The fourth-order valence-corrected chi connectivity index (χ4v) is 2.82. The number of non-ortho nitro benzene ring substituents is 1. The Morgan fingerprint density at radius 3 is 2.36 bits per heavy atom. The summed E-state index contributed by atoms with van der Waals surface area (Å²) in [5.74, 6) is -0.0528. The first-order valence-corrected chi connectivity index (χ1v) is 8.15. The van der Waals surface area contributed by atoms with Crippen LogP contribution in [0.1, 0.15) is 5.56 Å². The average Bonchev–Trinajstić information content (AvgIpc) is 2.63. The van der Waals surface area contributed by atoms with Crippen molar-refractivity contribution in [3.05, 3.63) is 86.9 Å². The maximum Gasteiger partial charge on any atom is 0.336 e. The van der Waals surface area contributed by atoms with Crippen molar-refractivity contribution < 1.29 is 14.5 Å². The van der Waals surface area contributed by atoms with E-state index in [4.69, 9.17) is 4.74 Å². The molecule has 0 radical (unpaired) electrons. The summed E-state index contributed by atoms with van der Waals surface area (Å²) in [5, 5.41) is 12.4. The van der Waals surface area contributed by atoms with E-state index in [0.29, 0.717) is 11.3 Å². The van der Waals surface area contributed by atoms with Crippen LogP contribution in [0.15, 0.2) is 71.2 Å². The predicted octanol–water partition coefficient (Wildman–Crippen LogP) is 5.13. The van der Waals surface area contributed by atoms with E-state index in [2.05, 4.69) is 15.9 Å². The second-order valence-electron chi connectivity index (χ2n) is 5.19. The molecule has 6 heteroatoms. The SMILES string of the molecule is O=C(/C=C/c1ccc([N+](=O)[O-])cc1)Oc1ccc(Br)c2ccccc12. The van der Waals surface area contributed by atoms with E-state index in [9.17, 15) is 14.9 Å². The fourth-order valence-electron chi connectivity index (χ4n) is 2.34. The summed E-state index contributed by atoms with van der Waals surface area (Å²) in [6, 6.07) is 17.0. The van der Waals surface area contributed by atoms with Crippen LogP contribution in [-0.4, -0.2) is 10.9 Å². The van der Waals surface area contributed by atoms with Crippen LogP contribution < -0.4 is 4.74 Å². The number of nitro benzene ring substituents is 1. The van der Waals surface area contributed by atoms with Crippen LogP contribution in [0.2, 0.25) is 0 Å². The molecule has 3 aromatic carbocycles. The van der Waals surface area contributed by atoms with Gasteiger partial charge in [0.2, 0.25) is 0 Å². The van der Waals surface area contributed by atoms with E-state index in [-0.39, 0.29) is 5.69 Å². The Balaban J connectivity index is 1.77. The molecule has 0 heterocycles. The summed E-state index contributed by atoms with van der Waals surface area (Å²) in [7, 11) is 0. The molecule has 0 aliphatic carbocycles. The normalized spacial score (nSPS) is 10.9. The molecule has 3 aromatic rings. The van der Waals surface area contributed by atoms with Crippen molar-refractivity contribution in [3.63, 3.8) is 0 Å². The van der Waals surface area contributed by atoms with Crippen LogP contribution >= 0.6 is 15.9 Å². The molecule has 0 aliphatic heterocycles. The van der Waals surface area contributed by atoms with E-state index in [1.807, 2.05) is 30.3 Å². The van der Waals surface area contributed by atoms with Crippen LogP contribution in [0, 0.1) is 10.1 Å². The number of hydrogen-bond acceptors (Lipinski definition) is 4. The van der Waals surface area contributed by atoms with E-state index in [0.717, 1.165) is 15.2 Å². The minimum absolute atomic E-state index is 0.000980. The van der Waals surface area contributed by atoms with E-state index >= 15 is 0 Å². The van der Waals surface area contributed by atoms with Crippen LogP contribution in [0.25, 0.3) is 16.8 Å². The Labute approximate surface area is 151 Å². The van der Waals surface area contributed by atoms with Gasteiger partial charge in [-0.05, 0) is 41.3 Å². The van der Waals surface area contributed by atoms with Gasteiger partial charge in [-0.3, -0.25) is 10.1 Å². The number of ether oxygens (including phenoxy) is 1. The molecule has 0 fully saturated rings.